The molecule has 6 heteroatoms. The Morgan fingerprint density at radius 2 is 1.97 bits per heavy atom. The molecule has 148 valence electrons. The van der Waals surface area contributed by atoms with E-state index in [2.05, 4.69) is 31.0 Å². The van der Waals surface area contributed by atoms with Gasteiger partial charge in [-0.1, -0.05) is 42.4 Å². The van der Waals surface area contributed by atoms with E-state index < -0.39 is 0 Å². The highest BCUT2D eigenvalue weighted by Gasteiger charge is 2.30. The molecule has 1 fully saturated rings. The second-order valence-corrected chi connectivity index (χ2v) is 7.80. The van der Waals surface area contributed by atoms with Crippen molar-refractivity contribution in [1.29, 1.82) is 0 Å². The Bertz CT molecular complexity index is 1110. The molecule has 0 aliphatic carbocycles. The minimum atomic E-state index is -0.105. The van der Waals surface area contributed by atoms with Crippen molar-refractivity contribution in [3.63, 3.8) is 0 Å². The van der Waals surface area contributed by atoms with Gasteiger partial charge in [-0.25, -0.2) is 0 Å². The molecule has 5 nitrogen and oxygen atoms in total. The molecule has 1 N–H and O–H groups in total. The topological polar surface area (TPSA) is 54.3 Å². The fourth-order valence-electron chi connectivity index (χ4n) is 3.80. The summed E-state index contributed by atoms with van der Waals surface area (Å²) in [5.74, 6) is -0.185. The summed E-state index contributed by atoms with van der Waals surface area (Å²) >= 11 is 6.25. The van der Waals surface area contributed by atoms with Crippen LogP contribution in [0.15, 0.2) is 61.3 Å². The van der Waals surface area contributed by atoms with Crippen LogP contribution in [-0.4, -0.2) is 40.4 Å². The zero-order chi connectivity index (χ0) is 20.5. The first-order chi connectivity index (χ1) is 14.0. The molecule has 2 aromatic carbocycles. The van der Waals surface area contributed by atoms with E-state index in [0.29, 0.717) is 18.1 Å². The number of fused-ring (bicyclic) bond motifs is 1. The molecule has 2 amide bonds. The minimum Gasteiger partial charge on any atom is -0.348 e. The van der Waals surface area contributed by atoms with Crippen molar-refractivity contribution in [2.24, 2.45) is 0 Å². The Labute approximate surface area is 174 Å². The number of amides is 2. The molecule has 0 radical (unpaired) electrons. The van der Waals surface area contributed by atoms with Gasteiger partial charge in [0, 0.05) is 40.8 Å². The van der Waals surface area contributed by atoms with E-state index in [1.54, 1.807) is 4.90 Å². The maximum absolute atomic E-state index is 12.6. The Morgan fingerprint density at radius 3 is 2.69 bits per heavy atom. The van der Waals surface area contributed by atoms with Gasteiger partial charge in [0.15, 0.2) is 0 Å². The van der Waals surface area contributed by atoms with E-state index in [1.165, 1.54) is 6.08 Å². The summed E-state index contributed by atoms with van der Waals surface area (Å²) in [5.41, 5.74) is 4.30. The number of nitrogens with zero attached hydrogens (tertiary/aromatic N) is 2. The Hall–Kier alpha value is -3.05. The van der Waals surface area contributed by atoms with Crippen LogP contribution in [0.25, 0.3) is 22.0 Å². The third-order valence-electron chi connectivity index (χ3n) is 5.33. The van der Waals surface area contributed by atoms with Gasteiger partial charge >= 0.3 is 0 Å². The van der Waals surface area contributed by atoms with Crippen molar-refractivity contribution in [3.8, 4) is 11.1 Å². The number of carbonyl (C=O) groups excluding carboxylic acids is 2. The molecule has 1 aliphatic heterocycles. The van der Waals surface area contributed by atoms with Gasteiger partial charge in [-0.15, -0.1) is 0 Å². The van der Waals surface area contributed by atoms with Crippen LogP contribution in [0.3, 0.4) is 0 Å². The van der Waals surface area contributed by atoms with Crippen LogP contribution in [0.5, 0.6) is 0 Å². The SMILES string of the molecule is C=CC(=O)N1CC(NC(=O)Cn2cc(-c3ccccc3C)c3cc(Cl)ccc32)C1. The summed E-state index contributed by atoms with van der Waals surface area (Å²) < 4.78 is 1.95. The predicted octanol–water partition coefficient (Wildman–Crippen LogP) is 3.78. The van der Waals surface area contributed by atoms with Crippen molar-refractivity contribution in [1.82, 2.24) is 14.8 Å². The predicted molar refractivity (Wildman–Crippen MR) is 116 cm³/mol. The maximum Gasteiger partial charge on any atom is 0.246 e. The minimum absolute atomic E-state index is 0.0153. The van der Waals surface area contributed by atoms with E-state index in [1.807, 2.05) is 41.1 Å². The second-order valence-electron chi connectivity index (χ2n) is 7.36. The lowest BCUT2D eigenvalue weighted by atomic mass is 10.0. The van der Waals surface area contributed by atoms with Crippen molar-refractivity contribution < 1.29 is 9.59 Å². The van der Waals surface area contributed by atoms with Crippen LogP contribution in [0.2, 0.25) is 5.02 Å². The average Bonchev–Trinajstić information content (AvgIpc) is 3.01. The molecule has 0 spiro atoms. The number of carbonyl (C=O) groups is 2. The average molecular weight is 408 g/mol. The summed E-state index contributed by atoms with van der Waals surface area (Å²) in [6.45, 7) is 6.80. The fraction of sp³-hybridized carbons (Fsp3) is 0.217. The number of aromatic nitrogens is 1. The van der Waals surface area contributed by atoms with E-state index in [-0.39, 0.29) is 24.4 Å². The molecule has 0 saturated carbocycles. The Morgan fingerprint density at radius 1 is 1.21 bits per heavy atom. The third-order valence-corrected chi connectivity index (χ3v) is 5.56. The number of rotatable bonds is 5. The lowest BCUT2D eigenvalue weighted by Gasteiger charge is -2.38. The van der Waals surface area contributed by atoms with Crippen LogP contribution in [0, 0.1) is 6.92 Å². The number of halogens is 1. The first kappa shape index (κ1) is 19.3. The van der Waals surface area contributed by atoms with Gasteiger partial charge in [0.1, 0.15) is 6.54 Å². The first-order valence-electron chi connectivity index (χ1n) is 9.51. The highest BCUT2D eigenvalue weighted by Crippen LogP contribution is 2.34. The summed E-state index contributed by atoms with van der Waals surface area (Å²) in [6.07, 6.45) is 3.31. The van der Waals surface area contributed by atoms with Gasteiger partial charge in [-0.2, -0.15) is 0 Å². The van der Waals surface area contributed by atoms with Gasteiger partial charge in [0.2, 0.25) is 11.8 Å². The van der Waals surface area contributed by atoms with E-state index >= 15 is 0 Å². The van der Waals surface area contributed by atoms with Crippen LogP contribution in [0.4, 0.5) is 0 Å². The summed E-state index contributed by atoms with van der Waals surface area (Å²) in [7, 11) is 0. The molecule has 1 aromatic heterocycles. The molecule has 1 saturated heterocycles. The molecule has 2 heterocycles. The number of likely N-dealkylation sites (tertiary alicyclic amines) is 1. The van der Waals surface area contributed by atoms with Gasteiger partial charge < -0.3 is 14.8 Å². The molecule has 0 atom stereocenters. The van der Waals surface area contributed by atoms with E-state index in [4.69, 9.17) is 11.6 Å². The monoisotopic (exact) mass is 407 g/mol. The van der Waals surface area contributed by atoms with Crippen molar-refractivity contribution >= 4 is 34.3 Å². The van der Waals surface area contributed by atoms with Gasteiger partial charge in [0.25, 0.3) is 0 Å². The first-order valence-corrected chi connectivity index (χ1v) is 9.89. The zero-order valence-corrected chi connectivity index (χ0v) is 16.9. The van der Waals surface area contributed by atoms with E-state index in [0.717, 1.165) is 27.6 Å². The smallest absolute Gasteiger partial charge is 0.246 e. The second kappa shape index (κ2) is 7.76. The van der Waals surface area contributed by atoms with Crippen LogP contribution in [0.1, 0.15) is 5.56 Å². The zero-order valence-electron chi connectivity index (χ0n) is 16.2. The Balaban J connectivity index is 1.57. The molecule has 0 unspecified atom stereocenters. The summed E-state index contributed by atoms with van der Waals surface area (Å²) in [6, 6.07) is 13.9. The third kappa shape index (κ3) is 3.78. The van der Waals surface area contributed by atoms with Crippen LogP contribution in [-0.2, 0) is 16.1 Å². The quantitative estimate of drug-likeness (QED) is 0.654. The maximum atomic E-state index is 12.6. The molecule has 4 rings (SSSR count). The summed E-state index contributed by atoms with van der Waals surface area (Å²) in [4.78, 5) is 25.8. The van der Waals surface area contributed by atoms with Crippen LogP contribution < -0.4 is 5.32 Å². The summed E-state index contributed by atoms with van der Waals surface area (Å²) in [5, 5.41) is 4.68. The lowest BCUT2D eigenvalue weighted by molar-refractivity contribution is -0.133. The largest absolute Gasteiger partial charge is 0.348 e. The van der Waals surface area contributed by atoms with Crippen LogP contribution >= 0.6 is 11.6 Å². The molecular formula is C23H22ClN3O2. The van der Waals surface area contributed by atoms with Gasteiger partial charge in [0.05, 0.1) is 6.04 Å². The number of benzene rings is 2. The number of hydrogen-bond donors (Lipinski definition) is 1. The fourth-order valence-corrected chi connectivity index (χ4v) is 3.97. The lowest BCUT2D eigenvalue weighted by Crippen LogP contribution is -2.61. The highest BCUT2D eigenvalue weighted by atomic mass is 35.5. The van der Waals surface area contributed by atoms with Gasteiger partial charge in [-0.05, 0) is 42.3 Å². The molecule has 1 aliphatic rings. The molecule has 0 bridgehead atoms. The number of hydrogen-bond acceptors (Lipinski definition) is 2. The standard InChI is InChI=1S/C23H22ClN3O2/c1-3-23(29)27-11-17(12-27)25-22(28)14-26-13-20(18-7-5-4-6-15(18)2)19-10-16(24)8-9-21(19)26/h3-10,13,17H,1,11-12,14H2,2H3,(H,25,28). The van der Waals surface area contributed by atoms with Gasteiger partial charge in [-0.3, -0.25) is 9.59 Å². The molecular weight excluding hydrogens is 386 g/mol. The van der Waals surface area contributed by atoms with Crippen molar-refractivity contribution in [2.75, 3.05) is 13.1 Å². The van der Waals surface area contributed by atoms with Crippen molar-refractivity contribution in [3.05, 3.63) is 71.9 Å². The number of nitrogens with one attached hydrogen (secondary N) is 1. The highest BCUT2D eigenvalue weighted by molar-refractivity contribution is 6.31. The normalized spacial score (nSPS) is 13.9. The number of aryl methyl sites for hydroxylation is 1. The molecule has 3 aromatic rings. The Kier molecular flexibility index (Phi) is 5.16. The van der Waals surface area contributed by atoms with E-state index in [9.17, 15) is 9.59 Å². The molecule has 29 heavy (non-hydrogen) atoms. The van der Waals surface area contributed by atoms with Crippen molar-refractivity contribution in [2.45, 2.75) is 19.5 Å².